The third-order valence-corrected chi connectivity index (χ3v) is 4.23. The first-order valence-corrected chi connectivity index (χ1v) is 7.03. The van der Waals surface area contributed by atoms with Crippen LogP contribution in [0.3, 0.4) is 0 Å². The minimum atomic E-state index is -4.08. The zero-order valence-electron chi connectivity index (χ0n) is 9.83. The highest BCUT2D eigenvalue weighted by atomic mass is 35.5. The van der Waals surface area contributed by atoms with Gasteiger partial charge in [0.15, 0.2) is 0 Å². The summed E-state index contributed by atoms with van der Waals surface area (Å²) in [4.78, 5) is 9.48. The van der Waals surface area contributed by atoms with Gasteiger partial charge in [0.25, 0.3) is 5.69 Å². The van der Waals surface area contributed by atoms with E-state index in [1.165, 1.54) is 0 Å². The Labute approximate surface area is 115 Å². The van der Waals surface area contributed by atoms with Crippen LogP contribution in [0.1, 0.15) is 13.3 Å². The van der Waals surface area contributed by atoms with Gasteiger partial charge in [0.1, 0.15) is 10.9 Å². The smallest absolute Gasteiger partial charge is 0.258 e. The maximum absolute atomic E-state index is 12.0. The monoisotopic (exact) mass is 303 g/mol. The second kappa shape index (κ2) is 5.97. The zero-order chi connectivity index (χ0) is 14.6. The molecule has 1 unspecified atom stereocenters. The molecular formula is C10H10ClN3O4S. The minimum absolute atomic E-state index is 0.147. The number of sulfonamides is 1. The molecular weight excluding hydrogens is 294 g/mol. The van der Waals surface area contributed by atoms with Crippen LogP contribution in [0.4, 0.5) is 5.69 Å². The molecule has 7 nitrogen and oxygen atoms in total. The lowest BCUT2D eigenvalue weighted by Crippen LogP contribution is -2.33. The fourth-order valence-corrected chi connectivity index (χ4v) is 3.01. The minimum Gasteiger partial charge on any atom is -0.258 e. The summed E-state index contributed by atoms with van der Waals surface area (Å²) in [5.74, 6) is 0. The van der Waals surface area contributed by atoms with Gasteiger partial charge in [-0.05, 0) is 12.5 Å². The van der Waals surface area contributed by atoms with Gasteiger partial charge in [-0.2, -0.15) is 9.98 Å². The second-order valence-corrected chi connectivity index (χ2v) is 5.67. The number of nitrogens with one attached hydrogen (secondary N) is 1. The number of nitriles is 1. The van der Waals surface area contributed by atoms with Crippen molar-refractivity contribution in [1.82, 2.24) is 4.72 Å². The van der Waals surface area contributed by atoms with E-state index in [4.69, 9.17) is 16.9 Å². The van der Waals surface area contributed by atoms with Crippen molar-refractivity contribution >= 4 is 27.3 Å². The predicted molar refractivity (Wildman–Crippen MR) is 68.1 cm³/mol. The topological polar surface area (TPSA) is 113 Å². The standard InChI is InChI=1S/C10H10ClN3O4S/c1-2-7(6-12)13-19(17,18)10-5-8(14(15)16)3-4-9(10)11/h3-5,7,13H,2H2,1H3. The molecule has 0 aliphatic rings. The van der Waals surface area contributed by atoms with Gasteiger partial charge in [-0.3, -0.25) is 10.1 Å². The molecule has 0 amide bonds. The maximum atomic E-state index is 12.0. The van der Waals surface area contributed by atoms with Gasteiger partial charge in [-0.1, -0.05) is 18.5 Å². The van der Waals surface area contributed by atoms with Crippen LogP contribution < -0.4 is 4.72 Å². The number of rotatable bonds is 5. The molecule has 0 spiro atoms. The van der Waals surface area contributed by atoms with Crippen molar-refractivity contribution in [2.45, 2.75) is 24.3 Å². The van der Waals surface area contributed by atoms with E-state index in [-0.39, 0.29) is 11.4 Å². The van der Waals surface area contributed by atoms with Crippen molar-refractivity contribution in [1.29, 1.82) is 5.26 Å². The van der Waals surface area contributed by atoms with Crippen LogP contribution in [-0.4, -0.2) is 19.4 Å². The third-order valence-electron chi connectivity index (χ3n) is 2.28. The molecule has 0 fully saturated rings. The first-order chi connectivity index (χ1) is 8.81. The van der Waals surface area contributed by atoms with Crippen LogP contribution in [0.5, 0.6) is 0 Å². The average molecular weight is 304 g/mol. The van der Waals surface area contributed by atoms with Crippen LogP contribution >= 0.6 is 11.6 Å². The Morgan fingerprint density at radius 3 is 2.68 bits per heavy atom. The van der Waals surface area contributed by atoms with E-state index >= 15 is 0 Å². The summed E-state index contributed by atoms with van der Waals surface area (Å²) in [6, 6.07) is 3.93. The molecule has 0 aromatic heterocycles. The van der Waals surface area contributed by atoms with E-state index in [2.05, 4.69) is 4.72 Å². The highest BCUT2D eigenvalue weighted by Gasteiger charge is 2.24. The summed E-state index contributed by atoms with van der Waals surface area (Å²) >= 11 is 5.73. The Balaban J connectivity index is 3.25. The molecule has 1 aromatic carbocycles. The number of nitro groups is 1. The number of nitrogens with zero attached hydrogens (tertiary/aromatic N) is 2. The van der Waals surface area contributed by atoms with Gasteiger partial charge in [0.2, 0.25) is 10.0 Å². The molecule has 9 heteroatoms. The Morgan fingerprint density at radius 1 is 1.58 bits per heavy atom. The van der Waals surface area contributed by atoms with Gasteiger partial charge >= 0.3 is 0 Å². The predicted octanol–water partition coefficient (Wildman–Crippen LogP) is 1.83. The normalized spacial score (nSPS) is 12.7. The van der Waals surface area contributed by atoms with Crippen molar-refractivity contribution < 1.29 is 13.3 Å². The fraction of sp³-hybridized carbons (Fsp3) is 0.300. The van der Waals surface area contributed by atoms with Crippen molar-refractivity contribution in [2.24, 2.45) is 0 Å². The number of halogens is 1. The quantitative estimate of drug-likeness (QED) is 0.658. The van der Waals surface area contributed by atoms with Gasteiger partial charge in [-0.25, -0.2) is 8.42 Å². The van der Waals surface area contributed by atoms with Gasteiger partial charge in [-0.15, -0.1) is 0 Å². The summed E-state index contributed by atoms with van der Waals surface area (Å²) in [5.41, 5.74) is -0.394. The molecule has 1 N–H and O–H groups in total. The average Bonchev–Trinajstić information content (AvgIpc) is 2.35. The van der Waals surface area contributed by atoms with Crippen molar-refractivity contribution in [3.05, 3.63) is 33.3 Å². The van der Waals surface area contributed by atoms with E-state index in [1.54, 1.807) is 13.0 Å². The van der Waals surface area contributed by atoms with E-state index < -0.39 is 31.6 Å². The Hall–Kier alpha value is -1.69. The number of hydrogen-bond acceptors (Lipinski definition) is 5. The van der Waals surface area contributed by atoms with Gasteiger partial charge in [0.05, 0.1) is 16.0 Å². The lowest BCUT2D eigenvalue weighted by Gasteiger charge is -2.11. The lowest BCUT2D eigenvalue weighted by atomic mass is 10.3. The molecule has 0 aliphatic carbocycles. The van der Waals surface area contributed by atoms with E-state index in [0.29, 0.717) is 0 Å². The van der Waals surface area contributed by atoms with Crippen LogP contribution in [0, 0.1) is 21.4 Å². The highest BCUT2D eigenvalue weighted by Crippen LogP contribution is 2.26. The SMILES string of the molecule is CCC(C#N)NS(=O)(=O)c1cc([N+](=O)[O-])ccc1Cl. The summed E-state index contributed by atoms with van der Waals surface area (Å²) in [6.07, 6.45) is 0.266. The number of nitro benzene ring substituents is 1. The van der Waals surface area contributed by atoms with Crippen LogP contribution in [0.2, 0.25) is 5.02 Å². The van der Waals surface area contributed by atoms with Gasteiger partial charge in [0, 0.05) is 12.1 Å². The Kier molecular flexibility index (Phi) is 4.83. The molecule has 102 valence electrons. The molecule has 0 aliphatic heterocycles. The molecule has 0 heterocycles. The van der Waals surface area contributed by atoms with Crippen LogP contribution in [-0.2, 0) is 10.0 Å². The number of non-ortho nitro benzene ring substituents is 1. The molecule has 19 heavy (non-hydrogen) atoms. The van der Waals surface area contributed by atoms with Crippen molar-refractivity contribution in [2.75, 3.05) is 0 Å². The summed E-state index contributed by atoms with van der Waals surface area (Å²) in [5, 5.41) is 19.2. The molecule has 0 saturated heterocycles. The van der Waals surface area contributed by atoms with E-state index in [9.17, 15) is 18.5 Å². The fourth-order valence-electron chi connectivity index (χ4n) is 1.26. The van der Waals surface area contributed by atoms with E-state index in [1.807, 2.05) is 0 Å². The maximum Gasteiger partial charge on any atom is 0.270 e. The molecule has 1 atom stereocenters. The first-order valence-electron chi connectivity index (χ1n) is 5.17. The largest absolute Gasteiger partial charge is 0.270 e. The molecule has 0 radical (unpaired) electrons. The van der Waals surface area contributed by atoms with Crippen LogP contribution in [0.25, 0.3) is 0 Å². The van der Waals surface area contributed by atoms with Gasteiger partial charge < -0.3 is 0 Å². The third kappa shape index (κ3) is 3.64. The summed E-state index contributed by atoms with van der Waals surface area (Å²) in [7, 11) is -4.08. The lowest BCUT2D eigenvalue weighted by molar-refractivity contribution is -0.385. The van der Waals surface area contributed by atoms with Crippen molar-refractivity contribution in [3.8, 4) is 6.07 Å². The summed E-state index contributed by atoms with van der Waals surface area (Å²) in [6.45, 7) is 1.63. The highest BCUT2D eigenvalue weighted by molar-refractivity contribution is 7.89. The second-order valence-electron chi connectivity index (χ2n) is 3.58. The molecule has 1 rings (SSSR count). The van der Waals surface area contributed by atoms with Crippen molar-refractivity contribution in [3.63, 3.8) is 0 Å². The molecule has 0 bridgehead atoms. The van der Waals surface area contributed by atoms with Crippen LogP contribution in [0.15, 0.2) is 23.1 Å². The number of benzene rings is 1. The number of hydrogen-bond donors (Lipinski definition) is 1. The first kappa shape index (κ1) is 15.4. The zero-order valence-corrected chi connectivity index (χ0v) is 11.4. The summed E-state index contributed by atoms with van der Waals surface area (Å²) < 4.78 is 26.1. The molecule has 0 saturated carbocycles. The van der Waals surface area contributed by atoms with E-state index in [0.717, 1.165) is 18.2 Å². The Bertz CT molecular complexity index is 639. The molecule has 1 aromatic rings. The Morgan fingerprint density at radius 2 is 2.21 bits per heavy atom.